The number of aromatic carboxylic acids is 1. The maximum absolute atomic E-state index is 12.4. The molecule has 0 radical (unpaired) electrons. The number of sulfonamides is 2. The second-order valence-electron chi connectivity index (χ2n) is 14.6. The first-order valence-corrected chi connectivity index (χ1v) is 23.5. The number of para-hydroxylation sites is 3. The number of nitrogens with two attached hydrogens (primary N) is 1. The minimum Gasteiger partial charge on any atom is -0.478 e. The lowest BCUT2D eigenvalue weighted by Crippen LogP contribution is -2.25. The highest BCUT2D eigenvalue weighted by molar-refractivity contribution is 7.92. The van der Waals surface area contributed by atoms with E-state index in [1.165, 1.54) is 68.4 Å². The summed E-state index contributed by atoms with van der Waals surface area (Å²) in [5, 5.41) is 23.4. The highest BCUT2D eigenvalue weighted by atomic mass is 32.2. The summed E-state index contributed by atoms with van der Waals surface area (Å²) in [6.07, 6.45) is 1.03. The average Bonchev–Trinajstić information content (AvgIpc) is 3.31. The van der Waals surface area contributed by atoms with Crippen LogP contribution in [-0.4, -0.2) is 64.6 Å². The van der Waals surface area contributed by atoms with Crippen molar-refractivity contribution in [1.82, 2.24) is 5.32 Å². The van der Waals surface area contributed by atoms with Crippen molar-refractivity contribution < 1.29 is 45.9 Å². The largest absolute Gasteiger partial charge is 0.478 e. The van der Waals surface area contributed by atoms with E-state index in [4.69, 9.17) is 16.1 Å². The summed E-state index contributed by atoms with van der Waals surface area (Å²) in [6.45, 7) is 6.81. The molecule has 0 unspecified atom stereocenters. The van der Waals surface area contributed by atoms with E-state index < -0.39 is 31.9 Å². The predicted molar refractivity (Wildman–Crippen MR) is 260 cm³/mol. The molecule has 0 spiro atoms. The number of carbonyl (C=O) groups is 5. The minimum absolute atomic E-state index is 0.0219. The van der Waals surface area contributed by atoms with Crippen molar-refractivity contribution in [2.24, 2.45) is 5.73 Å². The Morgan fingerprint density at radius 1 is 0.662 bits per heavy atom. The van der Waals surface area contributed by atoms with Gasteiger partial charge in [-0.2, -0.15) is 5.26 Å². The molecular weight excluding hydrogens is 911 g/mol. The molecule has 0 fully saturated rings. The molecular formula is C49H47N7O10S2. The molecule has 2 amide bonds. The summed E-state index contributed by atoms with van der Waals surface area (Å²) < 4.78 is 51.8. The lowest BCUT2D eigenvalue weighted by atomic mass is 10.1. The fourth-order valence-electron chi connectivity index (χ4n) is 5.88. The number of hydrogen-bond donors (Lipinski definition) is 6. The molecule has 19 heteroatoms. The number of nitrogens with zero attached hydrogens (tertiary/aromatic N) is 2. The Labute approximate surface area is 394 Å². The van der Waals surface area contributed by atoms with Gasteiger partial charge in [-0.05, 0) is 92.2 Å². The van der Waals surface area contributed by atoms with Crippen molar-refractivity contribution in [2.45, 2.75) is 25.3 Å². The molecule has 6 aromatic rings. The molecule has 0 heterocycles. The maximum Gasteiger partial charge on any atom is 0.337 e. The number of benzene rings is 6. The van der Waals surface area contributed by atoms with Crippen LogP contribution in [0.15, 0.2) is 163 Å². The lowest BCUT2D eigenvalue weighted by Gasteiger charge is -2.21. The molecule has 0 aliphatic carbocycles. The topological polar surface area (TPSA) is 275 Å². The monoisotopic (exact) mass is 957 g/mol. The zero-order valence-corrected chi connectivity index (χ0v) is 38.8. The van der Waals surface area contributed by atoms with E-state index >= 15 is 0 Å². The van der Waals surface area contributed by atoms with Crippen LogP contribution >= 0.6 is 0 Å². The van der Waals surface area contributed by atoms with Gasteiger partial charge in [-0.3, -0.25) is 28.6 Å². The fourth-order valence-corrected chi connectivity index (χ4v) is 7.53. The zero-order valence-electron chi connectivity index (χ0n) is 37.2. The second kappa shape index (κ2) is 23.5. The Balaban J connectivity index is 0.000000223. The van der Waals surface area contributed by atoms with Crippen LogP contribution in [0.3, 0.4) is 0 Å². The van der Waals surface area contributed by atoms with Crippen LogP contribution in [0, 0.1) is 11.3 Å². The summed E-state index contributed by atoms with van der Waals surface area (Å²) in [5.74, 6) is -1.73. The number of anilines is 4. The zero-order chi connectivity index (χ0) is 50.2. The molecule has 0 saturated carbocycles. The number of amides is 2. The molecule has 0 atom stereocenters. The van der Waals surface area contributed by atoms with Crippen LogP contribution in [0.25, 0.3) is 0 Å². The van der Waals surface area contributed by atoms with Crippen molar-refractivity contribution in [3.8, 4) is 6.07 Å². The number of hydrogen-bond acceptors (Lipinski definition) is 12. The smallest absolute Gasteiger partial charge is 0.337 e. The summed E-state index contributed by atoms with van der Waals surface area (Å²) in [4.78, 5) is 59.8. The van der Waals surface area contributed by atoms with Gasteiger partial charge in [0.15, 0.2) is 11.6 Å². The van der Waals surface area contributed by atoms with Gasteiger partial charge in [-0.15, -0.1) is 0 Å². The van der Waals surface area contributed by atoms with Crippen LogP contribution in [0.4, 0.5) is 22.7 Å². The van der Waals surface area contributed by atoms with Crippen molar-refractivity contribution in [3.63, 3.8) is 0 Å². The fraction of sp³-hybridized carbons (Fsp3) is 0.102. The summed E-state index contributed by atoms with van der Waals surface area (Å²) in [7, 11) is -5.67. The van der Waals surface area contributed by atoms with E-state index in [1.807, 2.05) is 12.1 Å². The van der Waals surface area contributed by atoms with Gasteiger partial charge in [-0.25, -0.2) is 21.6 Å². The van der Waals surface area contributed by atoms with E-state index in [1.54, 1.807) is 96.9 Å². The van der Waals surface area contributed by atoms with Gasteiger partial charge in [0.1, 0.15) is 0 Å². The number of nitriles is 1. The van der Waals surface area contributed by atoms with Gasteiger partial charge >= 0.3 is 5.97 Å². The number of nitrogens with one attached hydrogen (secondary N) is 4. The van der Waals surface area contributed by atoms with Crippen molar-refractivity contribution in [2.75, 3.05) is 33.0 Å². The summed E-state index contributed by atoms with van der Waals surface area (Å²) >= 11 is 0. The van der Waals surface area contributed by atoms with Crippen LogP contribution in [0.2, 0.25) is 0 Å². The van der Waals surface area contributed by atoms with Crippen molar-refractivity contribution in [3.05, 3.63) is 197 Å². The Hall–Kier alpha value is -8.60. The van der Waals surface area contributed by atoms with E-state index in [9.17, 15) is 40.8 Å². The molecule has 0 bridgehead atoms. The van der Waals surface area contributed by atoms with Crippen LogP contribution in [0.1, 0.15) is 76.8 Å². The first-order valence-electron chi connectivity index (χ1n) is 20.1. The molecule has 17 nitrogen and oxygen atoms in total. The molecule has 0 aliphatic rings. The highest BCUT2D eigenvalue weighted by Crippen LogP contribution is 2.23. The number of carboxylic acid groups (broad SMARTS) is 1. The Kier molecular flexibility index (Phi) is 18.0. The number of ketones is 2. The maximum atomic E-state index is 12.4. The molecule has 68 heavy (non-hydrogen) atoms. The molecule has 0 saturated heterocycles. The van der Waals surface area contributed by atoms with Crippen molar-refractivity contribution in [1.29, 1.82) is 5.26 Å². The summed E-state index contributed by atoms with van der Waals surface area (Å²) in [6, 6.07) is 40.2. The molecule has 6 aromatic carbocycles. The third kappa shape index (κ3) is 15.3. The Morgan fingerprint density at radius 3 is 1.65 bits per heavy atom. The Morgan fingerprint density at radius 2 is 1.15 bits per heavy atom. The van der Waals surface area contributed by atoms with Gasteiger partial charge in [-0.1, -0.05) is 79.4 Å². The third-order valence-corrected chi connectivity index (χ3v) is 11.4. The van der Waals surface area contributed by atoms with Gasteiger partial charge in [0.25, 0.3) is 21.8 Å². The standard InChI is InChI=1S/C17H16N4O.C17H18N2O4S.C15H13NO5S/c1-12(19)21(2)16-6-4-3-5-15(16)17(22)20-14-9-7-13(11-18)8-10-14;1-12(20)14-9-7-13(8-10-14)11-18-17(21)15-5-3-4-6-16(15)19-24(2,22)23;1-10(17)11-6-8-12(9-7-11)22(20,21)16-14-5-3-2-4-13(14)15(18)19/h3-10H,1,19H2,2H3,(H,20,22);3-10,19H,11H2,1-2H3,(H,18,21);2-9,16H,1H3,(H,18,19). The van der Waals surface area contributed by atoms with Crippen LogP contribution < -0.4 is 30.7 Å². The van der Waals surface area contributed by atoms with E-state index in [-0.39, 0.29) is 51.4 Å². The summed E-state index contributed by atoms with van der Waals surface area (Å²) in [5.41, 5.74) is 10.1. The normalized spacial score (nSPS) is 10.5. The SMILES string of the molecule is C=C(N)N(C)c1ccccc1C(=O)Nc1ccc(C#N)cc1.CC(=O)c1ccc(CNC(=O)c2ccccc2NS(C)(=O)=O)cc1.CC(=O)c1ccc(S(=O)(=O)Nc2ccccc2C(=O)O)cc1. The molecule has 0 aromatic heterocycles. The predicted octanol–water partition coefficient (Wildman–Crippen LogP) is 7.26. The third-order valence-electron chi connectivity index (χ3n) is 9.47. The lowest BCUT2D eigenvalue weighted by molar-refractivity contribution is 0.0697. The molecule has 7 N–H and O–H groups in total. The van der Waals surface area contributed by atoms with Crippen LogP contribution in [0.5, 0.6) is 0 Å². The number of Topliss-reactive ketones (excluding diaryl/α,β-unsaturated/α-hetero) is 2. The number of carbonyl (C=O) groups excluding carboxylic acids is 4. The highest BCUT2D eigenvalue weighted by Gasteiger charge is 2.19. The number of carboxylic acids is 1. The van der Waals surface area contributed by atoms with Crippen LogP contribution in [-0.2, 0) is 26.6 Å². The van der Waals surface area contributed by atoms with E-state index in [0.717, 1.165) is 11.8 Å². The first kappa shape index (κ1) is 52.0. The van der Waals surface area contributed by atoms with E-state index in [0.29, 0.717) is 39.4 Å². The van der Waals surface area contributed by atoms with Gasteiger partial charge in [0.2, 0.25) is 10.0 Å². The average molecular weight is 958 g/mol. The van der Waals surface area contributed by atoms with Gasteiger partial charge in [0, 0.05) is 30.4 Å². The molecule has 350 valence electrons. The molecule has 6 rings (SSSR count). The second-order valence-corrected chi connectivity index (χ2v) is 18.0. The van der Waals surface area contributed by atoms with Crippen molar-refractivity contribution >= 4 is 72.1 Å². The number of rotatable bonds is 15. The molecule has 0 aliphatic heterocycles. The Bertz CT molecular complexity index is 3100. The van der Waals surface area contributed by atoms with E-state index in [2.05, 4.69) is 26.7 Å². The van der Waals surface area contributed by atoms with Gasteiger partial charge in [0.05, 0.1) is 62.4 Å². The quantitative estimate of drug-likeness (QED) is 0.0554. The first-order chi connectivity index (χ1) is 32.1. The van der Waals surface area contributed by atoms with Gasteiger partial charge < -0.3 is 26.4 Å². The minimum atomic E-state index is -3.94.